The third-order valence-corrected chi connectivity index (χ3v) is 5.34. The first-order chi connectivity index (χ1) is 12.7. The summed E-state index contributed by atoms with van der Waals surface area (Å²) >= 11 is 0. The molecule has 1 heterocycles. The number of rotatable bonds is 9. The minimum absolute atomic E-state index is 1.00. The lowest BCUT2D eigenvalue weighted by Gasteiger charge is -2.14. The van der Waals surface area contributed by atoms with Gasteiger partial charge < -0.3 is 10.2 Å². The molecule has 0 spiro atoms. The van der Waals surface area contributed by atoms with Crippen molar-refractivity contribution in [3.8, 4) is 0 Å². The maximum Gasteiger partial charge on any atom is 0.0417 e. The molecule has 2 nitrogen and oxygen atoms in total. The average molecular weight is 349 g/mol. The summed E-state index contributed by atoms with van der Waals surface area (Å²) in [5.74, 6) is 0. The molecule has 1 fully saturated rings. The molecule has 0 aromatic heterocycles. The van der Waals surface area contributed by atoms with E-state index in [9.17, 15) is 0 Å². The van der Waals surface area contributed by atoms with Gasteiger partial charge in [-0.2, -0.15) is 0 Å². The van der Waals surface area contributed by atoms with E-state index >= 15 is 0 Å². The predicted molar refractivity (Wildman–Crippen MR) is 113 cm³/mol. The monoisotopic (exact) mass is 348 g/mol. The summed E-state index contributed by atoms with van der Waals surface area (Å²) < 4.78 is 0. The molecule has 2 aromatic carbocycles. The van der Waals surface area contributed by atoms with E-state index in [1.807, 2.05) is 18.2 Å². The van der Waals surface area contributed by atoms with Crippen LogP contribution in [0, 0.1) is 13.8 Å². The molecule has 2 aromatic rings. The van der Waals surface area contributed by atoms with Crippen molar-refractivity contribution in [3.05, 3.63) is 73.0 Å². The van der Waals surface area contributed by atoms with Crippen molar-refractivity contribution < 1.29 is 0 Å². The van der Waals surface area contributed by atoms with E-state index in [0.717, 1.165) is 28.9 Å². The van der Waals surface area contributed by atoms with Gasteiger partial charge in [-0.25, -0.2) is 0 Å². The summed E-state index contributed by atoms with van der Waals surface area (Å²) in [7, 11) is 0. The first-order valence-electron chi connectivity index (χ1n) is 10.1. The van der Waals surface area contributed by atoms with E-state index < -0.39 is 0 Å². The van der Waals surface area contributed by atoms with Gasteiger partial charge in [0.05, 0.1) is 0 Å². The molecule has 0 saturated carbocycles. The third-order valence-electron chi connectivity index (χ3n) is 5.34. The van der Waals surface area contributed by atoms with Gasteiger partial charge in [0.2, 0.25) is 0 Å². The average Bonchev–Trinajstić information content (AvgIpc) is 3.15. The Hall–Kier alpha value is -1.80. The van der Waals surface area contributed by atoms with Crippen LogP contribution in [0.3, 0.4) is 0 Å². The molecule has 1 N–H and O–H groups in total. The number of hydrogen-bond donors (Lipinski definition) is 1. The summed E-state index contributed by atoms with van der Waals surface area (Å²) in [6.07, 6.45) is 9.26. The molecule has 1 aliphatic heterocycles. The van der Waals surface area contributed by atoms with E-state index in [1.54, 1.807) is 0 Å². The maximum atomic E-state index is 4.22. The van der Waals surface area contributed by atoms with Crippen molar-refractivity contribution >= 4 is 11.4 Å². The SMILES string of the molecule is [CH2]c1ccccc1Nc1ccc(CCCCCCN2CCCC2)cc1[CH2]. The van der Waals surface area contributed by atoms with Crippen LogP contribution in [-0.4, -0.2) is 24.5 Å². The molecule has 138 valence electrons. The van der Waals surface area contributed by atoms with Gasteiger partial charge in [0, 0.05) is 11.4 Å². The number of anilines is 2. The molecule has 0 amide bonds. The van der Waals surface area contributed by atoms with E-state index in [1.165, 1.54) is 63.7 Å². The van der Waals surface area contributed by atoms with Gasteiger partial charge in [-0.15, -0.1) is 0 Å². The zero-order chi connectivity index (χ0) is 18.2. The smallest absolute Gasteiger partial charge is 0.0417 e. The van der Waals surface area contributed by atoms with Gasteiger partial charge >= 0.3 is 0 Å². The molecular weight excluding hydrogens is 316 g/mol. The van der Waals surface area contributed by atoms with Crippen molar-refractivity contribution in [2.24, 2.45) is 0 Å². The number of hydrogen-bond acceptors (Lipinski definition) is 2. The second-order valence-corrected chi connectivity index (χ2v) is 7.49. The first-order valence-corrected chi connectivity index (χ1v) is 10.1. The Kier molecular flexibility index (Phi) is 7.13. The zero-order valence-corrected chi connectivity index (χ0v) is 16.0. The Balaban J connectivity index is 1.40. The Labute approximate surface area is 159 Å². The molecule has 26 heavy (non-hydrogen) atoms. The largest absolute Gasteiger partial charge is 0.355 e. The molecule has 1 saturated heterocycles. The van der Waals surface area contributed by atoms with Crippen molar-refractivity contribution in [2.45, 2.75) is 44.9 Å². The Bertz CT molecular complexity index is 686. The van der Waals surface area contributed by atoms with Crippen molar-refractivity contribution in [3.63, 3.8) is 0 Å². The van der Waals surface area contributed by atoms with E-state index in [-0.39, 0.29) is 0 Å². The number of benzene rings is 2. The second-order valence-electron chi connectivity index (χ2n) is 7.49. The second kappa shape index (κ2) is 9.78. The van der Waals surface area contributed by atoms with Crippen LogP contribution in [0.1, 0.15) is 55.2 Å². The molecule has 3 rings (SSSR count). The Morgan fingerprint density at radius 3 is 2.31 bits per heavy atom. The normalized spacial score (nSPS) is 14.7. The van der Waals surface area contributed by atoms with E-state index in [4.69, 9.17) is 0 Å². The number of unbranched alkanes of at least 4 members (excludes halogenated alkanes) is 3. The van der Waals surface area contributed by atoms with Gasteiger partial charge in [0.25, 0.3) is 0 Å². The molecule has 2 heteroatoms. The molecule has 2 radical (unpaired) electrons. The van der Waals surface area contributed by atoms with Gasteiger partial charge in [-0.3, -0.25) is 0 Å². The van der Waals surface area contributed by atoms with Crippen LogP contribution in [-0.2, 0) is 6.42 Å². The van der Waals surface area contributed by atoms with E-state index in [2.05, 4.69) is 48.3 Å². The molecule has 0 atom stereocenters. The fourth-order valence-electron chi connectivity index (χ4n) is 3.74. The zero-order valence-electron chi connectivity index (χ0n) is 16.0. The number of nitrogens with zero attached hydrogens (tertiary/aromatic N) is 1. The molecular formula is C24H32N2. The summed E-state index contributed by atoms with van der Waals surface area (Å²) in [6.45, 7) is 12.2. The van der Waals surface area contributed by atoms with Crippen LogP contribution in [0.15, 0.2) is 42.5 Å². The standard InChI is InChI=1S/C24H32N2/c1-20-11-6-7-13-23(20)25-24-15-14-22(19-21(24)2)12-5-3-4-8-16-26-17-9-10-18-26/h6-7,11,13-15,19,25H,1-5,8-10,12,16-18H2. The van der Waals surface area contributed by atoms with Crippen LogP contribution < -0.4 is 5.32 Å². The lowest BCUT2D eigenvalue weighted by atomic mass is 10.0. The summed E-state index contributed by atoms with van der Waals surface area (Å²) in [5, 5.41) is 3.45. The highest BCUT2D eigenvalue weighted by molar-refractivity contribution is 5.67. The lowest BCUT2D eigenvalue weighted by Crippen LogP contribution is -2.20. The van der Waals surface area contributed by atoms with Crippen LogP contribution >= 0.6 is 0 Å². The van der Waals surface area contributed by atoms with Crippen LogP contribution in [0.2, 0.25) is 0 Å². The molecule has 0 bridgehead atoms. The fraction of sp³-hybridized carbons (Fsp3) is 0.417. The minimum atomic E-state index is 1.00. The van der Waals surface area contributed by atoms with E-state index in [0.29, 0.717) is 0 Å². The number of aryl methyl sites for hydroxylation is 1. The highest BCUT2D eigenvalue weighted by Gasteiger charge is 2.10. The highest BCUT2D eigenvalue weighted by atomic mass is 15.1. The fourth-order valence-corrected chi connectivity index (χ4v) is 3.74. The van der Waals surface area contributed by atoms with Crippen LogP contribution in [0.4, 0.5) is 11.4 Å². The van der Waals surface area contributed by atoms with Crippen LogP contribution in [0.25, 0.3) is 0 Å². The quantitative estimate of drug-likeness (QED) is 0.560. The topological polar surface area (TPSA) is 15.3 Å². The minimum Gasteiger partial charge on any atom is -0.355 e. The summed E-state index contributed by atoms with van der Waals surface area (Å²) in [4.78, 5) is 2.62. The molecule has 0 unspecified atom stereocenters. The molecule has 0 aliphatic carbocycles. The third kappa shape index (κ3) is 5.60. The molecule has 1 aliphatic rings. The van der Waals surface area contributed by atoms with Crippen molar-refractivity contribution in [2.75, 3.05) is 25.0 Å². The van der Waals surface area contributed by atoms with Gasteiger partial charge in [-0.05, 0) is 94.4 Å². The van der Waals surface area contributed by atoms with Crippen LogP contribution in [0.5, 0.6) is 0 Å². The first kappa shape index (κ1) is 19.0. The highest BCUT2D eigenvalue weighted by Crippen LogP contribution is 2.24. The van der Waals surface area contributed by atoms with Crippen molar-refractivity contribution in [1.29, 1.82) is 0 Å². The number of nitrogens with one attached hydrogen (secondary N) is 1. The number of likely N-dealkylation sites (tertiary alicyclic amines) is 1. The van der Waals surface area contributed by atoms with Crippen molar-refractivity contribution in [1.82, 2.24) is 4.90 Å². The van der Waals surface area contributed by atoms with Gasteiger partial charge in [0.1, 0.15) is 0 Å². The Morgan fingerprint density at radius 2 is 1.54 bits per heavy atom. The number of para-hydroxylation sites is 1. The maximum absolute atomic E-state index is 4.22. The summed E-state index contributed by atoms with van der Waals surface area (Å²) in [5.41, 5.74) is 5.56. The Morgan fingerprint density at radius 1 is 0.808 bits per heavy atom. The van der Waals surface area contributed by atoms with Gasteiger partial charge in [0.15, 0.2) is 0 Å². The predicted octanol–water partition coefficient (Wildman–Crippen LogP) is 5.99. The lowest BCUT2D eigenvalue weighted by molar-refractivity contribution is 0.328. The summed E-state index contributed by atoms with van der Waals surface area (Å²) in [6, 6.07) is 14.7. The van der Waals surface area contributed by atoms with Gasteiger partial charge in [-0.1, -0.05) is 43.2 Å².